The summed E-state index contributed by atoms with van der Waals surface area (Å²) < 4.78 is 18.1. The van der Waals surface area contributed by atoms with Gasteiger partial charge in [-0.1, -0.05) is 72.8 Å². The number of alkyl carbamates (subject to hydrolysis) is 1. The number of pyridine rings is 1. The van der Waals surface area contributed by atoms with E-state index in [1.54, 1.807) is 36.2 Å². The van der Waals surface area contributed by atoms with E-state index in [-0.39, 0.29) is 31.8 Å². The van der Waals surface area contributed by atoms with Crippen LogP contribution in [0.25, 0.3) is 0 Å². The zero-order valence-electron chi connectivity index (χ0n) is 24.9. The number of hydrogen-bond acceptors (Lipinski definition) is 9. The number of nitrogens with one attached hydrogen (secondary N) is 1. The first kappa shape index (κ1) is 31.4. The average molecular weight is 640 g/mol. The molecule has 46 heavy (non-hydrogen) atoms. The Morgan fingerprint density at radius 1 is 0.935 bits per heavy atom. The lowest BCUT2D eigenvalue weighted by atomic mass is 10.0. The van der Waals surface area contributed by atoms with E-state index < -0.39 is 30.2 Å². The molecule has 3 heterocycles. The summed E-state index contributed by atoms with van der Waals surface area (Å²) in [6.07, 6.45) is 0.131. The highest BCUT2D eigenvalue weighted by Crippen LogP contribution is 2.40. The predicted octanol–water partition coefficient (Wildman–Crippen LogP) is 5.47. The normalized spacial score (nSPS) is 21.3. The first-order valence-corrected chi connectivity index (χ1v) is 15.9. The number of carbonyl (C=O) groups is 3. The number of rotatable bonds is 10. The minimum Gasteiger partial charge on any atom is -0.445 e. The Labute approximate surface area is 270 Å². The molecule has 3 amide bonds. The number of thioether (sulfide) groups is 1. The minimum absolute atomic E-state index is 0.0443. The number of aliphatic hydroxyl groups is 1. The van der Waals surface area contributed by atoms with Crippen molar-refractivity contribution >= 4 is 35.4 Å². The zero-order chi connectivity index (χ0) is 31.9. The molecule has 2 N–H and O–H groups in total. The molecular formula is C35H33N3O7S. The van der Waals surface area contributed by atoms with Crippen molar-refractivity contribution in [2.75, 3.05) is 10.7 Å². The molecule has 1 aromatic heterocycles. The fourth-order valence-corrected chi connectivity index (χ4v) is 6.25. The Hall–Kier alpha value is -4.55. The maximum absolute atomic E-state index is 13.3. The van der Waals surface area contributed by atoms with Crippen molar-refractivity contribution in [3.8, 4) is 0 Å². The molecule has 0 saturated carbocycles. The number of nitrogens with zero attached hydrogens (tertiary/aromatic N) is 2. The SMILES string of the molecule is O=C(NC1CC(=O)N(c2cccc([C@H]3O[C@@H](CSc4ccccn4)C[C@@H](c4ccc(CO)cc4)O3)c2)C1=O)OCc1ccccc1. The molecule has 1 unspecified atom stereocenters. The van der Waals surface area contributed by atoms with Gasteiger partial charge in [-0.05, 0) is 41.0 Å². The van der Waals surface area contributed by atoms with Crippen molar-refractivity contribution in [1.29, 1.82) is 0 Å². The minimum atomic E-state index is -1.04. The molecule has 236 valence electrons. The molecule has 4 atom stereocenters. The highest BCUT2D eigenvalue weighted by molar-refractivity contribution is 7.99. The Bertz CT molecular complexity index is 1660. The standard InChI is InChI=1S/C35H33N3O7S/c39-20-23-12-14-25(15-13-23)30-18-28(22-46-31-11-4-5-16-36-31)44-34(45-30)26-9-6-10-27(17-26)38-32(40)19-29(33(38)41)37-35(42)43-21-24-7-2-1-3-8-24/h1-17,28-30,34,39H,18-22H2,(H,37,42)/t28-,29?,30+,34+/m1/s1. The molecule has 2 fully saturated rings. The van der Waals surface area contributed by atoms with E-state index in [4.69, 9.17) is 14.2 Å². The summed E-state index contributed by atoms with van der Waals surface area (Å²) in [4.78, 5) is 44.3. The lowest BCUT2D eigenvalue weighted by molar-refractivity contribution is -0.245. The highest BCUT2D eigenvalue weighted by Gasteiger charge is 2.41. The summed E-state index contributed by atoms with van der Waals surface area (Å²) >= 11 is 1.59. The number of imide groups is 1. The smallest absolute Gasteiger partial charge is 0.408 e. The quantitative estimate of drug-likeness (QED) is 0.172. The largest absolute Gasteiger partial charge is 0.445 e. The third-order valence-corrected chi connectivity index (χ3v) is 8.80. The Balaban J connectivity index is 1.16. The fourth-order valence-electron chi connectivity index (χ4n) is 5.37. The van der Waals surface area contributed by atoms with Crippen LogP contribution in [0.2, 0.25) is 0 Å². The van der Waals surface area contributed by atoms with Gasteiger partial charge in [-0.25, -0.2) is 14.7 Å². The van der Waals surface area contributed by atoms with Crippen LogP contribution in [0.1, 0.15) is 47.5 Å². The lowest BCUT2D eigenvalue weighted by Crippen LogP contribution is -2.42. The molecule has 10 nitrogen and oxygen atoms in total. The first-order chi connectivity index (χ1) is 22.5. The number of carbonyl (C=O) groups excluding carboxylic acids is 3. The van der Waals surface area contributed by atoms with Gasteiger partial charge in [-0.15, -0.1) is 11.8 Å². The molecule has 6 rings (SSSR count). The summed E-state index contributed by atoms with van der Waals surface area (Å²) in [6, 6.07) is 28.5. The molecule has 2 saturated heterocycles. The summed E-state index contributed by atoms with van der Waals surface area (Å²) in [7, 11) is 0. The number of hydrogen-bond donors (Lipinski definition) is 2. The molecule has 4 aromatic rings. The summed E-state index contributed by atoms with van der Waals surface area (Å²) in [6.45, 7) is -0.00449. The third kappa shape index (κ3) is 7.63. The fraction of sp³-hybridized carbons (Fsp3) is 0.257. The molecule has 2 aliphatic heterocycles. The van der Waals surface area contributed by atoms with E-state index in [0.717, 1.165) is 26.6 Å². The van der Waals surface area contributed by atoms with Gasteiger partial charge >= 0.3 is 6.09 Å². The van der Waals surface area contributed by atoms with Gasteiger partial charge in [-0.2, -0.15) is 0 Å². The van der Waals surface area contributed by atoms with Gasteiger partial charge in [0.15, 0.2) is 6.29 Å². The van der Waals surface area contributed by atoms with Crippen LogP contribution in [-0.4, -0.2) is 45.9 Å². The molecule has 0 bridgehead atoms. The second kappa shape index (κ2) is 14.7. The average Bonchev–Trinajstić information content (AvgIpc) is 3.38. The molecule has 11 heteroatoms. The van der Waals surface area contributed by atoms with Gasteiger partial charge < -0.3 is 24.6 Å². The van der Waals surface area contributed by atoms with E-state index in [1.165, 1.54) is 0 Å². The van der Waals surface area contributed by atoms with E-state index in [1.807, 2.05) is 78.9 Å². The van der Waals surface area contributed by atoms with Crippen LogP contribution >= 0.6 is 11.8 Å². The number of amides is 3. The Morgan fingerprint density at radius 3 is 2.50 bits per heavy atom. The third-order valence-electron chi connectivity index (χ3n) is 7.72. The summed E-state index contributed by atoms with van der Waals surface area (Å²) in [5.41, 5.74) is 3.56. The first-order valence-electron chi connectivity index (χ1n) is 15.0. The van der Waals surface area contributed by atoms with Gasteiger partial charge in [0.25, 0.3) is 5.91 Å². The summed E-state index contributed by atoms with van der Waals surface area (Å²) in [5.74, 6) is -0.346. The van der Waals surface area contributed by atoms with Crippen molar-refractivity contribution < 1.29 is 33.7 Å². The molecular weight excluding hydrogens is 606 g/mol. The van der Waals surface area contributed by atoms with Crippen molar-refractivity contribution in [2.45, 2.75) is 55.6 Å². The number of ether oxygens (including phenoxy) is 3. The van der Waals surface area contributed by atoms with Gasteiger partial charge in [0.1, 0.15) is 12.6 Å². The maximum Gasteiger partial charge on any atom is 0.408 e. The van der Waals surface area contributed by atoms with Gasteiger partial charge in [0, 0.05) is 23.9 Å². The van der Waals surface area contributed by atoms with Crippen molar-refractivity contribution in [3.05, 3.63) is 126 Å². The number of anilines is 1. The second-order valence-corrected chi connectivity index (χ2v) is 12.0. The maximum atomic E-state index is 13.3. The van der Waals surface area contributed by atoms with Gasteiger partial charge in [0.05, 0.1) is 35.9 Å². The second-order valence-electron chi connectivity index (χ2n) is 11.0. The van der Waals surface area contributed by atoms with Gasteiger partial charge in [-0.3, -0.25) is 9.59 Å². The highest BCUT2D eigenvalue weighted by atomic mass is 32.2. The van der Waals surface area contributed by atoms with Crippen molar-refractivity contribution in [1.82, 2.24) is 10.3 Å². The van der Waals surface area contributed by atoms with Crippen LogP contribution in [0, 0.1) is 0 Å². The van der Waals surface area contributed by atoms with Crippen LogP contribution < -0.4 is 10.2 Å². The van der Waals surface area contributed by atoms with Crippen molar-refractivity contribution in [2.24, 2.45) is 0 Å². The van der Waals surface area contributed by atoms with Crippen LogP contribution in [0.15, 0.2) is 108 Å². The summed E-state index contributed by atoms with van der Waals surface area (Å²) in [5, 5.41) is 12.9. The molecule has 2 aliphatic rings. The van der Waals surface area contributed by atoms with Crippen LogP contribution in [0.5, 0.6) is 0 Å². The Kier molecular flexibility index (Phi) is 10.0. The number of benzene rings is 3. The molecule has 0 aliphatic carbocycles. The van der Waals surface area contributed by atoms with Crippen molar-refractivity contribution in [3.63, 3.8) is 0 Å². The van der Waals surface area contributed by atoms with Crippen LogP contribution in [0.3, 0.4) is 0 Å². The predicted molar refractivity (Wildman–Crippen MR) is 170 cm³/mol. The van der Waals surface area contributed by atoms with E-state index in [2.05, 4.69) is 10.3 Å². The monoisotopic (exact) mass is 639 g/mol. The van der Waals surface area contributed by atoms with E-state index in [9.17, 15) is 19.5 Å². The zero-order valence-corrected chi connectivity index (χ0v) is 25.7. The lowest BCUT2D eigenvalue weighted by Gasteiger charge is -2.36. The van der Waals surface area contributed by atoms with E-state index >= 15 is 0 Å². The molecule has 0 radical (unpaired) electrons. The van der Waals surface area contributed by atoms with Crippen LogP contribution in [-0.2, 0) is 37.0 Å². The Morgan fingerprint density at radius 2 is 1.74 bits per heavy atom. The van der Waals surface area contributed by atoms with Crippen LogP contribution in [0.4, 0.5) is 10.5 Å². The topological polar surface area (TPSA) is 127 Å². The van der Waals surface area contributed by atoms with E-state index in [0.29, 0.717) is 23.4 Å². The van der Waals surface area contributed by atoms with Gasteiger partial charge in [0.2, 0.25) is 5.91 Å². The number of aliphatic hydroxyl groups excluding tert-OH is 1. The molecule has 0 spiro atoms. The molecule has 3 aromatic carbocycles. The number of aromatic nitrogens is 1.